The Hall–Kier alpha value is -3.17. The molecule has 2 aliphatic rings. The first kappa shape index (κ1) is 20.1. The van der Waals surface area contributed by atoms with E-state index in [1.54, 1.807) is 17.0 Å². The zero-order chi connectivity index (χ0) is 20.9. The van der Waals surface area contributed by atoms with Crippen molar-refractivity contribution in [2.45, 2.75) is 12.6 Å². The van der Waals surface area contributed by atoms with Crippen molar-refractivity contribution in [2.75, 3.05) is 39.6 Å². The summed E-state index contributed by atoms with van der Waals surface area (Å²) in [5, 5.41) is 12.2. The van der Waals surface area contributed by atoms with Crippen LogP contribution in [-0.4, -0.2) is 77.3 Å². The van der Waals surface area contributed by atoms with Crippen molar-refractivity contribution in [2.24, 2.45) is 0 Å². The van der Waals surface area contributed by atoms with Crippen LogP contribution in [-0.2, 0) is 11.3 Å². The summed E-state index contributed by atoms with van der Waals surface area (Å²) in [7, 11) is 0. The molecule has 9 nitrogen and oxygen atoms in total. The Morgan fingerprint density at radius 2 is 1.80 bits per heavy atom. The number of nitrogens with zero attached hydrogens (tertiary/aromatic N) is 3. The van der Waals surface area contributed by atoms with Gasteiger partial charge in [-0.3, -0.25) is 19.5 Å². The van der Waals surface area contributed by atoms with Gasteiger partial charge in [-0.1, -0.05) is 6.07 Å². The first-order valence-corrected chi connectivity index (χ1v) is 9.85. The molecule has 1 atom stereocenters. The molecule has 2 aliphatic heterocycles. The van der Waals surface area contributed by atoms with E-state index in [0.29, 0.717) is 31.7 Å². The van der Waals surface area contributed by atoms with E-state index in [1.807, 2.05) is 18.2 Å². The maximum absolute atomic E-state index is 12.8. The highest BCUT2D eigenvalue weighted by atomic mass is 16.7. The van der Waals surface area contributed by atoms with Crippen molar-refractivity contribution < 1.29 is 24.2 Å². The summed E-state index contributed by atoms with van der Waals surface area (Å²) in [5.41, 5.74) is 1.52. The Labute approximate surface area is 174 Å². The van der Waals surface area contributed by atoms with Crippen LogP contribution in [0, 0.1) is 0 Å². The zero-order valence-corrected chi connectivity index (χ0v) is 16.5. The lowest BCUT2D eigenvalue weighted by molar-refractivity contribution is -0.136. The van der Waals surface area contributed by atoms with Crippen LogP contribution in [0.4, 0.5) is 0 Å². The summed E-state index contributed by atoms with van der Waals surface area (Å²) < 4.78 is 10.8. The predicted octanol–water partition coefficient (Wildman–Crippen LogP) is 0.245. The number of amides is 2. The van der Waals surface area contributed by atoms with Crippen LogP contribution in [0.15, 0.2) is 42.7 Å². The molecule has 0 unspecified atom stereocenters. The van der Waals surface area contributed by atoms with Crippen LogP contribution in [0.5, 0.6) is 11.5 Å². The van der Waals surface area contributed by atoms with Gasteiger partial charge in [0.1, 0.15) is 6.04 Å². The van der Waals surface area contributed by atoms with Crippen molar-refractivity contribution in [3.8, 4) is 11.5 Å². The molecule has 3 heterocycles. The predicted molar refractivity (Wildman–Crippen MR) is 107 cm³/mol. The van der Waals surface area contributed by atoms with E-state index in [9.17, 15) is 14.7 Å². The molecule has 1 fully saturated rings. The van der Waals surface area contributed by atoms with Crippen LogP contribution < -0.4 is 14.8 Å². The summed E-state index contributed by atoms with van der Waals surface area (Å²) in [6, 6.07) is 8.06. The van der Waals surface area contributed by atoms with E-state index in [-0.39, 0.29) is 12.7 Å². The normalized spacial score (nSPS) is 16.9. The van der Waals surface area contributed by atoms with Gasteiger partial charge in [-0.2, -0.15) is 0 Å². The molecule has 0 saturated carbocycles. The standard InChI is InChI=1S/C21H24N4O5/c26-13-17(23-20(27)16-3-5-22-6-4-16)21(28)25-9-7-24(8-10-25)12-15-1-2-18-19(11-15)30-14-29-18/h1-6,11,17,26H,7-10,12-14H2,(H,23,27)/t17-/m0/s1. The van der Waals surface area contributed by atoms with E-state index >= 15 is 0 Å². The molecule has 0 spiro atoms. The lowest BCUT2D eigenvalue weighted by Crippen LogP contribution is -2.55. The average molecular weight is 412 g/mol. The molecule has 1 saturated heterocycles. The molecule has 9 heteroatoms. The van der Waals surface area contributed by atoms with Gasteiger partial charge >= 0.3 is 0 Å². The fourth-order valence-corrected chi connectivity index (χ4v) is 3.57. The van der Waals surface area contributed by atoms with Crippen molar-refractivity contribution in [1.29, 1.82) is 0 Å². The number of hydrogen-bond acceptors (Lipinski definition) is 7. The number of rotatable bonds is 6. The van der Waals surface area contributed by atoms with Crippen molar-refractivity contribution >= 4 is 11.8 Å². The fraction of sp³-hybridized carbons (Fsp3) is 0.381. The van der Waals surface area contributed by atoms with E-state index < -0.39 is 18.6 Å². The highest BCUT2D eigenvalue weighted by Crippen LogP contribution is 2.32. The molecule has 1 aromatic heterocycles. The number of ether oxygens (including phenoxy) is 2. The van der Waals surface area contributed by atoms with Gasteiger partial charge in [0.2, 0.25) is 12.7 Å². The van der Waals surface area contributed by atoms with Gasteiger partial charge in [-0.15, -0.1) is 0 Å². The lowest BCUT2D eigenvalue weighted by Gasteiger charge is -2.36. The number of pyridine rings is 1. The topological polar surface area (TPSA) is 104 Å². The van der Waals surface area contributed by atoms with Gasteiger partial charge in [0.05, 0.1) is 6.61 Å². The third-order valence-corrected chi connectivity index (χ3v) is 5.26. The minimum absolute atomic E-state index is 0.253. The number of fused-ring (bicyclic) bond motifs is 1. The highest BCUT2D eigenvalue weighted by Gasteiger charge is 2.28. The van der Waals surface area contributed by atoms with Crippen LogP contribution in [0.1, 0.15) is 15.9 Å². The lowest BCUT2D eigenvalue weighted by atomic mass is 10.1. The number of aliphatic hydroxyl groups is 1. The molecule has 158 valence electrons. The first-order chi connectivity index (χ1) is 14.6. The van der Waals surface area contributed by atoms with Crippen LogP contribution >= 0.6 is 0 Å². The number of benzene rings is 1. The maximum Gasteiger partial charge on any atom is 0.252 e. The second kappa shape index (κ2) is 9.10. The van der Waals surface area contributed by atoms with Gasteiger partial charge in [-0.25, -0.2) is 0 Å². The van der Waals surface area contributed by atoms with Crippen LogP contribution in [0.3, 0.4) is 0 Å². The molecule has 2 N–H and O–H groups in total. The number of carbonyl (C=O) groups is 2. The molecular formula is C21H24N4O5. The Morgan fingerprint density at radius 1 is 1.07 bits per heavy atom. The maximum atomic E-state index is 12.8. The van der Waals surface area contributed by atoms with Gasteiger partial charge < -0.3 is 24.8 Å². The molecule has 2 aromatic rings. The van der Waals surface area contributed by atoms with Crippen LogP contribution in [0.25, 0.3) is 0 Å². The van der Waals surface area contributed by atoms with E-state index in [0.717, 1.165) is 23.6 Å². The number of nitrogens with one attached hydrogen (secondary N) is 1. The average Bonchev–Trinajstić information content (AvgIpc) is 3.26. The van der Waals surface area contributed by atoms with Crippen molar-refractivity contribution in [1.82, 2.24) is 20.1 Å². The van der Waals surface area contributed by atoms with Crippen molar-refractivity contribution in [3.63, 3.8) is 0 Å². The largest absolute Gasteiger partial charge is 0.454 e. The summed E-state index contributed by atoms with van der Waals surface area (Å²) in [5.74, 6) is 0.837. The SMILES string of the molecule is O=C(N[C@@H](CO)C(=O)N1CCN(Cc2ccc3c(c2)OCO3)CC1)c1ccncc1. The molecular weight excluding hydrogens is 388 g/mol. The second-order valence-electron chi connectivity index (χ2n) is 7.23. The molecule has 30 heavy (non-hydrogen) atoms. The monoisotopic (exact) mass is 412 g/mol. The smallest absolute Gasteiger partial charge is 0.252 e. The number of piperazine rings is 1. The Morgan fingerprint density at radius 3 is 2.53 bits per heavy atom. The zero-order valence-electron chi connectivity index (χ0n) is 16.5. The summed E-state index contributed by atoms with van der Waals surface area (Å²) in [6.45, 7) is 3.03. The number of hydrogen-bond donors (Lipinski definition) is 2. The second-order valence-corrected chi connectivity index (χ2v) is 7.23. The quantitative estimate of drug-likeness (QED) is 0.701. The molecule has 1 aromatic carbocycles. The Kier molecular flexibility index (Phi) is 6.10. The Bertz CT molecular complexity index is 900. The highest BCUT2D eigenvalue weighted by molar-refractivity contribution is 5.97. The van der Waals surface area contributed by atoms with Gasteiger partial charge in [0.15, 0.2) is 11.5 Å². The molecule has 4 rings (SSSR count). The third-order valence-electron chi connectivity index (χ3n) is 5.26. The molecule has 0 radical (unpaired) electrons. The summed E-state index contributed by atoms with van der Waals surface area (Å²) in [4.78, 5) is 32.9. The van der Waals surface area contributed by atoms with Gasteiger partial charge in [0, 0.05) is 50.7 Å². The number of aliphatic hydroxyl groups excluding tert-OH is 1. The minimum Gasteiger partial charge on any atom is -0.454 e. The van der Waals surface area contributed by atoms with Crippen molar-refractivity contribution in [3.05, 3.63) is 53.9 Å². The first-order valence-electron chi connectivity index (χ1n) is 9.85. The summed E-state index contributed by atoms with van der Waals surface area (Å²) >= 11 is 0. The summed E-state index contributed by atoms with van der Waals surface area (Å²) in [6.07, 6.45) is 3.01. The number of aromatic nitrogens is 1. The molecule has 2 amide bonds. The van der Waals surface area contributed by atoms with Gasteiger partial charge in [-0.05, 0) is 29.8 Å². The van der Waals surface area contributed by atoms with Gasteiger partial charge in [0.25, 0.3) is 5.91 Å². The number of carbonyl (C=O) groups excluding carboxylic acids is 2. The van der Waals surface area contributed by atoms with Crippen LogP contribution in [0.2, 0.25) is 0 Å². The molecule has 0 bridgehead atoms. The van der Waals surface area contributed by atoms with E-state index in [2.05, 4.69) is 15.2 Å². The minimum atomic E-state index is -0.967. The Balaban J connectivity index is 1.29. The third kappa shape index (κ3) is 4.52. The fourth-order valence-electron chi connectivity index (χ4n) is 3.57. The van der Waals surface area contributed by atoms with E-state index in [1.165, 1.54) is 12.4 Å². The van der Waals surface area contributed by atoms with E-state index in [4.69, 9.17) is 9.47 Å². The molecule has 0 aliphatic carbocycles.